The molecule has 7 heteroatoms. The van der Waals surface area contributed by atoms with Gasteiger partial charge in [0, 0.05) is 17.4 Å². The molecule has 0 aliphatic rings. The summed E-state index contributed by atoms with van der Waals surface area (Å²) in [4.78, 5) is 15.2. The Hall–Kier alpha value is -2.64. The molecule has 0 radical (unpaired) electrons. The summed E-state index contributed by atoms with van der Waals surface area (Å²) in [5.74, 6) is -0.178. The van der Waals surface area contributed by atoms with Crippen LogP contribution in [0.4, 0.5) is 5.69 Å². The number of anilines is 1. The van der Waals surface area contributed by atoms with Crippen LogP contribution in [0.3, 0.4) is 0 Å². The van der Waals surface area contributed by atoms with Gasteiger partial charge in [0.25, 0.3) is 0 Å². The summed E-state index contributed by atoms with van der Waals surface area (Å²) in [7, 11) is -3.73. The van der Waals surface area contributed by atoms with E-state index in [9.17, 15) is 13.2 Å². The predicted octanol–water partition coefficient (Wildman–Crippen LogP) is 2.00. The molecule has 0 aliphatic carbocycles. The monoisotopic (exact) mass is 329 g/mol. The van der Waals surface area contributed by atoms with Crippen LogP contribution in [0.25, 0.3) is 10.9 Å². The molecule has 23 heavy (non-hydrogen) atoms. The van der Waals surface area contributed by atoms with Crippen LogP contribution in [-0.2, 0) is 21.2 Å². The van der Waals surface area contributed by atoms with Crippen molar-refractivity contribution >= 4 is 32.5 Å². The first-order valence-corrected chi connectivity index (χ1v) is 8.45. The zero-order valence-corrected chi connectivity index (χ0v) is 12.9. The Balaban J connectivity index is 1.69. The maximum absolute atomic E-state index is 12.1. The summed E-state index contributed by atoms with van der Waals surface area (Å²) < 4.78 is 22.4. The number of hydrogen-bond donors (Lipinski definition) is 3. The van der Waals surface area contributed by atoms with Crippen LogP contribution in [0, 0.1) is 0 Å². The Morgan fingerprint density at radius 3 is 2.52 bits per heavy atom. The van der Waals surface area contributed by atoms with Crippen molar-refractivity contribution < 1.29 is 13.2 Å². The van der Waals surface area contributed by atoms with E-state index in [1.807, 2.05) is 30.5 Å². The zero-order valence-electron chi connectivity index (χ0n) is 12.1. The normalized spacial score (nSPS) is 11.5. The number of hydrogen-bond acceptors (Lipinski definition) is 3. The number of H-pyrrole nitrogens is 1. The number of aromatic nitrogens is 1. The molecule has 3 rings (SSSR count). The van der Waals surface area contributed by atoms with Crippen molar-refractivity contribution in [1.82, 2.24) is 4.98 Å². The van der Waals surface area contributed by atoms with Crippen molar-refractivity contribution in [3.8, 4) is 0 Å². The molecule has 0 saturated heterocycles. The van der Waals surface area contributed by atoms with Gasteiger partial charge in [0.05, 0.1) is 11.3 Å². The molecule has 0 atom stereocenters. The largest absolute Gasteiger partial charge is 0.361 e. The van der Waals surface area contributed by atoms with E-state index in [-0.39, 0.29) is 17.2 Å². The number of aromatic amines is 1. The minimum Gasteiger partial charge on any atom is -0.361 e. The Morgan fingerprint density at radius 1 is 1.09 bits per heavy atom. The van der Waals surface area contributed by atoms with Crippen LogP contribution < -0.4 is 10.5 Å². The summed E-state index contributed by atoms with van der Waals surface area (Å²) in [6.45, 7) is 0. The van der Waals surface area contributed by atoms with Crippen LogP contribution in [0.15, 0.2) is 59.6 Å². The second-order valence-electron chi connectivity index (χ2n) is 5.19. The molecule has 3 aromatic rings. The second kappa shape index (κ2) is 5.86. The lowest BCUT2D eigenvalue weighted by molar-refractivity contribution is -0.115. The molecule has 0 bridgehead atoms. The van der Waals surface area contributed by atoms with Crippen molar-refractivity contribution in [1.29, 1.82) is 0 Å². The fourth-order valence-electron chi connectivity index (χ4n) is 2.33. The van der Waals surface area contributed by atoms with Crippen LogP contribution >= 0.6 is 0 Å². The minimum atomic E-state index is -3.73. The van der Waals surface area contributed by atoms with E-state index in [2.05, 4.69) is 10.3 Å². The van der Waals surface area contributed by atoms with E-state index < -0.39 is 10.0 Å². The third-order valence-electron chi connectivity index (χ3n) is 3.45. The summed E-state index contributed by atoms with van der Waals surface area (Å²) in [6, 6.07) is 13.5. The lowest BCUT2D eigenvalue weighted by atomic mass is 10.1. The van der Waals surface area contributed by atoms with Gasteiger partial charge in [-0.3, -0.25) is 4.79 Å². The number of benzene rings is 2. The standard InChI is InChI=1S/C16H15N3O3S/c17-23(21,22)14-4-2-13(3-5-14)19-16(20)10-11-1-6-15-12(9-11)7-8-18-15/h1-9,18H,10H2,(H,19,20)(H2,17,21,22). The van der Waals surface area contributed by atoms with Crippen molar-refractivity contribution in [2.45, 2.75) is 11.3 Å². The molecule has 1 amide bonds. The van der Waals surface area contributed by atoms with Crippen molar-refractivity contribution in [3.63, 3.8) is 0 Å². The first kappa shape index (κ1) is 15.3. The van der Waals surface area contributed by atoms with Crippen molar-refractivity contribution in [2.75, 3.05) is 5.32 Å². The molecule has 6 nitrogen and oxygen atoms in total. The van der Waals surface area contributed by atoms with E-state index in [0.29, 0.717) is 5.69 Å². The number of amides is 1. The van der Waals surface area contributed by atoms with Gasteiger partial charge in [-0.15, -0.1) is 0 Å². The summed E-state index contributed by atoms with van der Waals surface area (Å²) in [5, 5.41) is 8.81. The number of nitrogens with two attached hydrogens (primary N) is 1. The zero-order chi connectivity index (χ0) is 16.4. The lowest BCUT2D eigenvalue weighted by Gasteiger charge is -2.06. The number of primary sulfonamides is 1. The number of fused-ring (bicyclic) bond motifs is 1. The highest BCUT2D eigenvalue weighted by molar-refractivity contribution is 7.89. The van der Waals surface area contributed by atoms with Crippen LogP contribution in [-0.4, -0.2) is 19.3 Å². The second-order valence-corrected chi connectivity index (χ2v) is 6.76. The van der Waals surface area contributed by atoms with E-state index in [1.54, 1.807) is 0 Å². The maximum Gasteiger partial charge on any atom is 0.238 e. The molecule has 0 spiro atoms. The topological polar surface area (TPSA) is 105 Å². The lowest BCUT2D eigenvalue weighted by Crippen LogP contribution is -2.15. The van der Waals surface area contributed by atoms with Crippen LogP contribution in [0.2, 0.25) is 0 Å². The molecule has 1 heterocycles. The summed E-state index contributed by atoms with van der Waals surface area (Å²) in [6.07, 6.45) is 2.08. The number of carbonyl (C=O) groups is 1. The molecule has 2 aromatic carbocycles. The maximum atomic E-state index is 12.1. The van der Waals surface area contributed by atoms with Crippen molar-refractivity contribution in [2.24, 2.45) is 5.14 Å². The molecular formula is C16H15N3O3S. The van der Waals surface area contributed by atoms with Crippen LogP contribution in [0.5, 0.6) is 0 Å². The number of nitrogens with one attached hydrogen (secondary N) is 2. The molecule has 0 saturated carbocycles. The Morgan fingerprint density at radius 2 is 1.83 bits per heavy atom. The van der Waals surface area contributed by atoms with Gasteiger partial charge in [-0.1, -0.05) is 6.07 Å². The average molecular weight is 329 g/mol. The van der Waals surface area contributed by atoms with Crippen molar-refractivity contribution in [3.05, 3.63) is 60.3 Å². The quantitative estimate of drug-likeness (QED) is 0.681. The first-order valence-electron chi connectivity index (χ1n) is 6.90. The van der Waals surface area contributed by atoms with Gasteiger partial charge in [0.15, 0.2) is 0 Å². The highest BCUT2D eigenvalue weighted by Gasteiger charge is 2.09. The van der Waals surface area contributed by atoms with Gasteiger partial charge < -0.3 is 10.3 Å². The van der Waals surface area contributed by atoms with Gasteiger partial charge in [0.2, 0.25) is 15.9 Å². The minimum absolute atomic E-state index is 0.00779. The predicted molar refractivity (Wildman–Crippen MR) is 88.4 cm³/mol. The molecule has 0 aliphatic heterocycles. The average Bonchev–Trinajstić information content (AvgIpc) is 2.94. The van der Waals surface area contributed by atoms with E-state index in [1.165, 1.54) is 24.3 Å². The van der Waals surface area contributed by atoms with Gasteiger partial charge in [-0.05, 0) is 53.4 Å². The number of rotatable bonds is 4. The Kier molecular flexibility index (Phi) is 3.89. The molecule has 0 unspecified atom stereocenters. The first-order chi connectivity index (χ1) is 10.9. The third-order valence-corrected chi connectivity index (χ3v) is 4.38. The summed E-state index contributed by atoms with van der Waals surface area (Å²) in [5.41, 5.74) is 2.44. The van der Waals surface area contributed by atoms with Gasteiger partial charge in [-0.25, -0.2) is 13.6 Å². The molecule has 1 aromatic heterocycles. The van der Waals surface area contributed by atoms with Gasteiger partial charge >= 0.3 is 0 Å². The number of sulfonamides is 1. The molecule has 4 N–H and O–H groups in total. The fraction of sp³-hybridized carbons (Fsp3) is 0.0625. The SMILES string of the molecule is NS(=O)(=O)c1ccc(NC(=O)Cc2ccc3[nH]ccc3c2)cc1. The molecule has 0 fully saturated rings. The van der Waals surface area contributed by atoms with Crippen LogP contribution in [0.1, 0.15) is 5.56 Å². The van der Waals surface area contributed by atoms with E-state index in [4.69, 9.17) is 5.14 Å². The number of carbonyl (C=O) groups excluding carboxylic acids is 1. The Bertz CT molecular complexity index is 960. The van der Waals surface area contributed by atoms with E-state index >= 15 is 0 Å². The Labute approximate surface area is 133 Å². The molecule has 118 valence electrons. The van der Waals surface area contributed by atoms with Gasteiger partial charge in [0.1, 0.15) is 0 Å². The van der Waals surface area contributed by atoms with E-state index in [0.717, 1.165) is 16.5 Å². The highest BCUT2D eigenvalue weighted by Crippen LogP contribution is 2.16. The smallest absolute Gasteiger partial charge is 0.238 e. The third kappa shape index (κ3) is 3.58. The molecular weight excluding hydrogens is 314 g/mol. The van der Waals surface area contributed by atoms with Gasteiger partial charge in [-0.2, -0.15) is 0 Å². The highest BCUT2D eigenvalue weighted by atomic mass is 32.2. The summed E-state index contributed by atoms with van der Waals surface area (Å²) >= 11 is 0. The fourth-order valence-corrected chi connectivity index (χ4v) is 2.85.